The summed E-state index contributed by atoms with van der Waals surface area (Å²) in [6.07, 6.45) is 3.00. The minimum absolute atomic E-state index is 0.232. The van der Waals surface area contributed by atoms with Crippen molar-refractivity contribution >= 4 is 17.4 Å². The van der Waals surface area contributed by atoms with Crippen LogP contribution in [-0.2, 0) is 6.54 Å². The van der Waals surface area contributed by atoms with Crippen molar-refractivity contribution in [2.45, 2.75) is 13.5 Å². The fraction of sp³-hybridized carbons (Fsp3) is 0.190. The van der Waals surface area contributed by atoms with Gasteiger partial charge >= 0.3 is 0 Å². The summed E-state index contributed by atoms with van der Waals surface area (Å²) >= 11 is 0. The van der Waals surface area contributed by atoms with E-state index in [9.17, 15) is 4.79 Å². The predicted molar refractivity (Wildman–Crippen MR) is 106 cm³/mol. The Bertz CT molecular complexity index is 989. The fourth-order valence-electron chi connectivity index (χ4n) is 2.87. The van der Waals surface area contributed by atoms with Gasteiger partial charge in [-0.25, -0.2) is 9.97 Å². The molecular formula is C21H20N4O3. The van der Waals surface area contributed by atoms with Crippen molar-refractivity contribution in [3.63, 3.8) is 0 Å². The third-order valence-corrected chi connectivity index (χ3v) is 4.24. The zero-order valence-electron chi connectivity index (χ0n) is 15.4. The van der Waals surface area contributed by atoms with Crippen molar-refractivity contribution in [1.29, 1.82) is 0 Å². The monoisotopic (exact) mass is 376 g/mol. The van der Waals surface area contributed by atoms with Gasteiger partial charge in [-0.3, -0.25) is 4.79 Å². The van der Waals surface area contributed by atoms with Crippen LogP contribution in [0.1, 0.15) is 21.6 Å². The topological polar surface area (TPSA) is 85.4 Å². The molecule has 0 unspecified atom stereocenters. The van der Waals surface area contributed by atoms with Gasteiger partial charge in [-0.05, 0) is 24.6 Å². The molecule has 2 aromatic carbocycles. The number of fused-ring (bicyclic) bond motifs is 1. The first-order valence-electron chi connectivity index (χ1n) is 9.00. The standard InChI is InChI=1S/C21H20N4O3/c1-14-3-2-4-15(9-14)11-23-20-13-22-17(12-24-20)21(26)25-16-5-6-18-19(10-16)28-8-7-27-18/h2-6,9-10,12-13H,7-8,11H2,1H3,(H,23,24)(H,25,26). The molecule has 0 fully saturated rings. The average molecular weight is 376 g/mol. The van der Waals surface area contributed by atoms with Crippen LogP contribution in [0, 0.1) is 6.92 Å². The number of hydrogen-bond donors (Lipinski definition) is 2. The number of anilines is 2. The van der Waals surface area contributed by atoms with Gasteiger partial charge in [0.15, 0.2) is 11.5 Å². The molecular weight excluding hydrogens is 356 g/mol. The minimum Gasteiger partial charge on any atom is -0.486 e. The zero-order valence-corrected chi connectivity index (χ0v) is 15.4. The van der Waals surface area contributed by atoms with Crippen molar-refractivity contribution in [2.24, 2.45) is 0 Å². The number of carbonyl (C=O) groups excluding carboxylic acids is 1. The first-order chi connectivity index (χ1) is 13.7. The largest absolute Gasteiger partial charge is 0.486 e. The highest BCUT2D eigenvalue weighted by Gasteiger charge is 2.14. The fourth-order valence-corrected chi connectivity index (χ4v) is 2.87. The van der Waals surface area contributed by atoms with E-state index in [2.05, 4.69) is 39.7 Å². The maximum Gasteiger partial charge on any atom is 0.275 e. The molecule has 4 rings (SSSR count). The van der Waals surface area contributed by atoms with Crippen molar-refractivity contribution in [1.82, 2.24) is 9.97 Å². The zero-order chi connectivity index (χ0) is 19.3. The van der Waals surface area contributed by atoms with Crippen LogP contribution >= 0.6 is 0 Å². The average Bonchev–Trinajstić information content (AvgIpc) is 2.72. The molecule has 2 N–H and O–H groups in total. The van der Waals surface area contributed by atoms with Crippen LogP contribution in [0.25, 0.3) is 0 Å². The van der Waals surface area contributed by atoms with Gasteiger partial charge < -0.3 is 20.1 Å². The number of nitrogens with one attached hydrogen (secondary N) is 2. The highest BCUT2D eigenvalue weighted by atomic mass is 16.6. The summed E-state index contributed by atoms with van der Waals surface area (Å²) in [5.74, 6) is 1.56. The third kappa shape index (κ3) is 4.20. The van der Waals surface area contributed by atoms with Crippen molar-refractivity contribution in [2.75, 3.05) is 23.8 Å². The van der Waals surface area contributed by atoms with Gasteiger partial charge in [0, 0.05) is 18.3 Å². The van der Waals surface area contributed by atoms with E-state index in [4.69, 9.17) is 9.47 Å². The molecule has 142 valence electrons. The summed E-state index contributed by atoms with van der Waals surface area (Å²) in [6.45, 7) is 3.71. The number of aryl methyl sites for hydroxylation is 1. The lowest BCUT2D eigenvalue weighted by molar-refractivity contribution is 0.102. The van der Waals surface area contributed by atoms with Crippen LogP contribution in [-0.4, -0.2) is 29.1 Å². The minimum atomic E-state index is -0.339. The Morgan fingerprint density at radius 2 is 1.89 bits per heavy atom. The molecule has 0 radical (unpaired) electrons. The molecule has 7 heteroatoms. The smallest absolute Gasteiger partial charge is 0.275 e. The quantitative estimate of drug-likeness (QED) is 0.710. The highest BCUT2D eigenvalue weighted by molar-refractivity contribution is 6.02. The van der Waals surface area contributed by atoms with E-state index < -0.39 is 0 Å². The molecule has 0 spiro atoms. The molecule has 1 aliphatic rings. The third-order valence-electron chi connectivity index (χ3n) is 4.24. The molecule has 0 aliphatic carbocycles. The number of amides is 1. The Hall–Kier alpha value is -3.61. The SMILES string of the molecule is Cc1cccc(CNc2cnc(C(=O)Nc3ccc4c(c3)OCCO4)cn2)c1. The number of rotatable bonds is 5. The second-order valence-electron chi connectivity index (χ2n) is 6.44. The predicted octanol–water partition coefficient (Wildman–Crippen LogP) is 3.42. The van der Waals surface area contributed by atoms with E-state index in [0.29, 0.717) is 42.8 Å². The van der Waals surface area contributed by atoms with Crippen LogP contribution < -0.4 is 20.1 Å². The highest BCUT2D eigenvalue weighted by Crippen LogP contribution is 2.32. The summed E-state index contributed by atoms with van der Waals surface area (Å²) in [5.41, 5.74) is 3.20. The Morgan fingerprint density at radius 1 is 1.04 bits per heavy atom. The van der Waals surface area contributed by atoms with E-state index in [0.717, 1.165) is 5.56 Å². The Morgan fingerprint density at radius 3 is 2.68 bits per heavy atom. The van der Waals surface area contributed by atoms with E-state index >= 15 is 0 Å². The molecule has 1 aliphatic heterocycles. The molecule has 0 bridgehead atoms. The lowest BCUT2D eigenvalue weighted by Crippen LogP contribution is -2.17. The van der Waals surface area contributed by atoms with Crippen LogP contribution in [0.5, 0.6) is 11.5 Å². The maximum absolute atomic E-state index is 12.4. The van der Waals surface area contributed by atoms with Gasteiger partial charge in [-0.1, -0.05) is 29.8 Å². The van der Waals surface area contributed by atoms with E-state index in [1.165, 1.54) is 11.8 Å². The number of nitrogens with zero attached hydrogens (tertiary/aromatic N) is 2. The molecule has 0 saturated heterocycles. The first-order valence-corrected chi connectivity index (χ1v) is 9.00. The second-order valence-corrected chi connectivity index (χ2v) is 6.44. The molecule has 1 aromatic heterocycles. The summed E-state index contributed by atoms with van der Waals surface area (Å²) in [5, 5.41) is 6.00. The van der Waals surface area contributed by atoms with Gasteiger partial charge in [0.2, 0.25) is 0 Å². The van der Waals surface area contributed by atoms with Crippen molar-refractivity contribution in [3.8, 4) is 11.5 Å². The van der Waals surface area contributed by atoms with Crippen LogP contribution in [0.4, 0.5) is 11.5 Å². The van der Waals surface area contributed by atoms with Gasteiger partial charge in [0.25, 0.3) is 5.91 Å². The molecule has 28 heavy (non-hydrogen) atoms. The van der Waals surface area contributed by atoms with Crippen LogP contribution in [0.2, 0.25) is 0 Å². The lowest BCUT2D eigenvalue weighted by atomic mass is 10.1. The summed E-state index contributed by atoms with van der Waals surface area (Å²) in [7, 11) is 0. The first kappa shape index (κ1) is 17.8. The molecule has 3 aromatic rings. The Balaban J connectivity index is 1.37. The number of aromatic nitrogens is 2. The number of ether oxygens (including phenoxy) is 2. The molecule has 1 amide bonds. The van der Waals surface area contributed by atoms with E-state index in [-0.39, 0.29) is 11.6 Å². The van der Waals surface area contributed by atoms with Gasteiger partial charge in [0.05, 0.1) is 12.4 Å². The molecule has 2 heterocycles. The number of benzene rings is 2. The Labute approximate surface area is 162 Å². The second kappa shape index (κ2) is 7.96. The summed E-state index contributed by atoms with van der Waals surface area (Å²) in [4.78, 5) is 20.9. The normalized spacial score (nSPS) is 12.3. The van der Waals surface area contributed by atoms with Crippen LogP contribution in [0.3, 0.4) is 0 Å². The van der Waals surface area contributed by atoms with Crippen molar-refractivity contribution < 1.29 is 14.3 Å². The van der Waals surface area contributed by atoms with Gasteiger partial charge in [0.1, 0.15) is 24.7 Å². The molecule has 7 nitrogen and oxygen atoms in total. The number of carbonyl (C=O) groups is 1. The Kier molecular flexibility index (Phi) is 5.05. The van der Waals surface area contributed by atoms with Gasteiger partial charge in [-0.15, -0.1) is 0 Å². The van der Waals surface area contributed by atoms with E-state index in [1.807, 2.05) is 12.1 Å². The van der Waals surface area contributed by atoms with Crippen molar-refractivity contribution in [3.05, 3.63) is 71.7 Å². The van der Waals surface area contributed by atoms with E-state index in [1.54, 1.807) is 24.4 Å². The summed E-state index contributed by atoms with van der Waals surface area (Å²) < 4.78 is 11.0. The lowest BCUT2D eigenvalue weighted by Gasteiger charge is -2.18. The number of hydrogen-bond acceptors (Lipinski definition) is 6. The molecule has 0 saturated carbocycles. The van der Waals surface area contributed by atoms with Gasteiger partial charge in [-0.2, -0.15) is 0 Å². The van der Waals surface area contributed by atoms with Crippen LogP contribution in [0.15, 0.2) is 54.9 Å². The molecule has 0 atom stereocenters. The summed E-state index contributed by atoms with van der Waals surface area (Å²) in [6, 6.07) is 13.5. The maximum atomic E-state index is 12.4.